The number of carboxylic acid groups (broad SMARTS) is 1. The number of amides is 1. The number of thioether (sulfide) groups is 1. The monoisotopic (exact) mass is 309 g/mol. The highest BCUT2D eigenvalue weighted by atomic mass is 32.2. The van der Waals surface area contributed by atoms with Gasteiger partial charge in [-0.15, -0.1) is 11.8 Å². The first kappa shape index (κ1) is 17.6. The third-order valence-corrected chi connectivity index (χ3v) is 4.63. The third kappa shape index (κ3) is 5.42. The van der Waals surface area contributed by atoms with Crippen LogP contribution in [-0.2, 0) is 9.59 Å². The van der Waals surface area contributed by atoms with E-state index in [2.05, 4.69) is 5.32 Å². The Morgan fingerprint density at radius 3 is 2.52 bits per heavy atom. The van der Waals surface area contributed by atoms with E-state index < -0.39 is 11.2 Å². The maximum Gasteiger partial charge on any atom is 0.316 e. The molecule has 0 saturated carbocycles. The molecule has 0 aliphatic heterocycles. The molecule has 1 amide bonds. The predicted molar refractivity (Wildman–Crippen MR) is 86.7 cm³/mol. The van der Waals surface area contributed by atoms with Gasteiger partial charge in [0.2, 0.25) is 5.91 Å². The Labute approximate surface area is 130 Å². The Balaban J connectivity index is 2.88. The first-order valence-corrected chi connectivity index (χ1v) is 8.16. The first-order chi connectivity index (χ1) is 9.99. The smallest absolute Gasteiger partial charge is 0.316 e. The number of hydrogen-bond donors (Lipinski definition) is 2. The van der Waals surface area contributed by atoms with Gasteiger partial charge < -0.3 is 10.4 Å². The maximum atomic E-state index is 12.0. The van der Waals surface area contributed by atoms with Crippen LogP contribution in [0.5, 0.6) is 0 Å². The van der Waals surface area contributed by atoms with Crippen molar-refractivity contribution in [2.24, 2.45) is 5.92 Å². The lowest BCUT2D eigenvalue weighted by Crippen LogP contribution is -2.20. The van der Waals surface area contributed by atoms with E-state index in [4.69, 9.17) is 0 Å². The summed E-state index contributed by atoms with van der Waals surface area (Å²) in [5.41, 5.74) is 0.690. The van der Waals surface area contributed by atoms with Gasteiger partial charge in [0, 0.05) is 10.8 Å². The number of nitrogens with one attached hydrogen (secondary N) is 1. The van der Waals surface area contributed by atoms with E-state index in [1.807, 2.05) is 45.0 Å². The number of para-hydroxylation sites is 1. The molecule has 1 aromatic carbocycles. The van der Waals surface area contributed by atoms with Crippen molar-refractivity contribution in [2.45, 2.75) is 50.2 Å². The van der Waals surface area contributed by atoms with Crippen LogP contribution in [0.25, 0.3) is 0 Å². The van der Waals surface area contributed by atoms with Gasteiger partial charge in [-0.05, 0) is 25.0 Å². The van der Waals surface area contributed by atoms with Crippen LogP contribution < -0.4 is 5.32 Å². The Morgan fingerprint density at radius 2 is 1.95 bits per heavy atom. The summed E-state index contributed by atoms with van der Waals surface area (Å²) < 4.78 is 0. The zero-order valence-corrected chi connectivity index (χ0v) is 13.6. The van der Waals surface area contributed by atoms with Crippen LogP contribution in [0, 0.1) is 5.92 Å². The summed E-state index contributed by atoms with van der Waals surface area (Å²) in [4.78, 5) is 24.1. The Hall–Kier alpha value is -1.49. The number of anilines is 1. The summed E-state index contributed by atoms with van der Waals surface area (Å²) >= 11 is 1.30. The van der Waals surface area contributed by atoms with Crippen molar-refractivity contribution >= 4 is 29.3 Å². The zero-order chi connectivity index (χ0) is 15.8. The molecule has 0 aromatic heterocycles. The Bertz CT molecular complexity index is 490. The van der Waals surface area contributed by atoms with Gasteiger partial charge in [0.15, 0.2) is 0 Å². The number of carboxylic acids is 1. The summed E-state index contributed by atoms with van der Waals surface area (Å²) in [6.45, 7) is 5.81. The van der Waals surface area contributed by atoms with Crippen molar-refractivity contribution in [1.82, 2.24) is 0 Å². The van der Waals surface area contributed by atoms with Crippen LogP contribution in [0.15, 0.2) is 29.2 Å². The van der Waals surface area contributed by atoms with Gasteiger partial charge in [0.25, 0.3) is 0 Å². The minimum Gasteiger partial charge on any atom is -0.480 e. The fraction of sp³-hybridized carbons (Fsp3) is 0.500. The molecule has 2 atom stereocenters. The minimum absolute atomic E-state index is 0.0343. The highest BCUT2D eigenvalue weighted by Crippen LogP contribution is 2.32. The van der Waals surface area contributed by atoms with Crippen molar-refractivity contribution in [2.75, 3.05) is 5.32 Å². The maximum absolute atomic E-state index is 12.0. The molecule has 0 radical (unpaired) electrons. The van der Waals surface area contributed by atoms with Crippen LogP contribution in [0.4, 0.5) is 5.69 Å². The van der Waals surface area contributed by atoms with Crippen molar-refractivity contribution in [1.29, 1.82) is 0 Å². The van der Waals surface area contributed by atoms with Gasteiger partial charge in [0.1, 0.15) is 5.25 Å². The van der Waals surface area contributed by atoms with Crippen LogP contribution >= 0.6 is 11.8 Å². The molecular formula is C16H23NO3S. The van der Waals surface area contributed by atoms with E-state index in [0.29, 0.717) is 12.1 Å². The number of benzene rings is 1. The van der Waals surface area contributed by atoms with Crippen molar-refractivity contribution in [3.05, 3.63) is 24.3 Å². The highest BCUT2D eigenvalue weighted by Gasteiger charge is 2.20. The zero-order valence-electron chi connectivity index (χ0n) is 12.8. The summed E-state index contributed by atoms with van der Waals surface area (Å²) in [5.74, 6) is -0.910. The minimum atomic E-state index is -0.815. The molecule has 0 aliphatic rings. The quantitative estimate of drug-likeness (QED) is 0.712. The molecule has 116 valence electrons. The molecule has 1 aromatic rings. The van der Waals surface area contributed by atoms with E-state index in [1.165, 1.54) is 11.8 Å². The van der Waals surface area contributed by atoms with E-state index in [9.17, 15) is 14.7 Å². The molecule has 0 heterocycles. The predicted octanol–water partition coefficient (Wildman–Crippen LogP) is 4.02. The SMILES string of the molecule is CCCC(Sc1ccccc1NC(=O)C(C)CC)C(=O)O. The van der Waals surface area contributed by atoms with Crippen LogP contribution in [-0.4, -0.2) is 22.2 Å². The largest absolute Gasteiger partial charge is 0.480 e. The van der Waals surface area contributed by atoms with E-state index in [0.717, 1.165) is 17.7 Å². The molecule has 1 rings (SSSR count). The molecule has 0 spiro atoms. The second kappa shape index (κ2) is 8.72. The Morgan fingerprint density at radius 1 is 1.29 bits per heavy atom. The highest BCUT2D eigenvalue weighted by molar-refractivity contribution is 8.00. The Kier molecular flexibility index (Phi) is 7.29. The summed E-state index contributed by atoms with van der Waals surface area (Å²) in [6.07, 6.45) is 2.19. The van der Waals surface area contributed by atoms with Crippen LogP contribution in [0.2, 0.25) is 0 Å². The third-order valence-electron chi connectivity index (χ3n) is 3.30. The van der Waals surface area contributed by atoms with E-state index in [-0.39, 0.29) is 11.8 Å². The van der Waals surface area contributed by atoms with Gasteiger partial charge in [-0.2, -0.15) is 0 Å². The topological polar surface area (TPSA) is 66.4 Å². The molecule has 0 bridgehead atoms. The molecule has 21 heavy (non-hydrogen) atoms. The molecule has 2 N–H and O–H groups in total. The average molecular weight is 309 g/mol. The fourth-order valence-electron chi connectivity index (χ4n) is 1.76. The van der Waals surface area contributed by atoms with Gasteiger partial charge in [-0.1, -0.05) is 39.3 Å². The number of carbonyl (C=O) groups excluding carboxylic acids is 1. The average Bonchev–Trinajstić information content (AvgIpc) is 2.47. The van der Waals surface area contributed by atoms with Gasteiger partial charge in [-0.25, -0.2) is 0 Å². The molecule has 5 heteroatoms. The number of aliphatic carboxylic acids is 1. The molecule has 0 aliphatic carbocycles. The van der Waals surface area contributed by atoms with E-state index in [1.54, 1.807) is 0 Å². The summed E-state index contributed by atoms with van der Waals surface area (Å²) in [5, 5.41) is 11.7. The first-order valence-electron chi connectivity index (χ1n) is 7.28. The van der Waals surface area contributed by atoms with Gasteiger partial charge >= 0.3 is 5.97 Å². The number of rotatable bonds is 8. The lowest BCUT2D eigenvalue weighted by molar-refractivity contribution is -0.136. The second-order valence-corrected chi connectivity index (χ2v) is 6.27. The molecule has 0 saturated heterocycles. The lowest BCUT2D eigenvalue weighted by Gasteiger charge is -2.16. The number of carbonyl (C=O) groups is 2. The standard InChI is InChI=1S/C16H23NO3S/c1-4-8-14(16(19)20)21-13-10-7-6-9-12(13)17-15(18)11(3)5-2/h6-7,9-11,14H,4-5,8H2,1-3H3,(H,17,18)(H,19,20). The van der Waals surface area contributed by atoms with Crippen LogP contribution in [0.1, 0.15) is 40.0 Å². The molecule has 2 unspecified atom stereocenters. The second-order valence-electron chi connectivity index (χ2n) is 5.03. The lowest BCUT2D eigenvalue weighted by atomic mass is 10.1. The van der Waals surface area contributed by atoms with Crippen molar-refractivity contribution < 1.29 is 14.7 Å². The summed E-state index contributed by atoms with van der Waals surface area (Å²) in [6, 6.07) is 7.36. The fourth-order valence-corrected chi connectivity index (χ4v) is 2.93. The van der Waals surface area contributed by atoms with E-state index >= 15 is 0 Å². The van der Waals surface area contributed by atoms with Gasteiger partial charge in [-0.3, -0.25) is 9.59 Å². The molecular weight excluding hydrogens is 286 g/mol. The molecule has 4 nitrogen and oxygen atoms in total. The van der Waals surface area contributed by atoms with Crippen LogP contribution in [0.3, 0.4) is 0 Å². The summed E-state index contributed by atoms with van der Waals surface area (Å²) in [7, 11) is 0. The number of hydrogen-bond acceptors (Lipinski definition) is 3. The molecule has 0 fully saturated rings. The van der Waals surface area contributed by atoms with Gasteiger partial charge in [0.05, 0.1) is 5.69 Å². The normalized spacial score (nSPS) is 13.5. The van der Waals surface area contributed by atoms with Crippen molar-refractivity contribution in [3.63, 3.8) is 0 Å². The van der Waals surface area contributed by atoms with Crippen molar-refractivity contribution in [3.8, 4) is 0 Å².